The molecule has 1 aromatic carbocycles. The first-order valence-corrected chi connectivity index (χ1v) is 9.86. The first kappa shape index (κ1) is 20.3. The van der Waals surface area contributed by atoms with Crippen LogP contribution in [0.25, 0.3) is 0 Å². The molecule has 0 saturated carbocycles. The van der Waals surface area contributed by atoms with Crippen molar-refractivity contribution < 1.29 is 27.4 Å². The summed E-state index contributed by atoms with van der Waals surface area (Å²) in [6.07, 6.45) is -1.17. The van der Waals surface area contributed by atoms with Gasteiger partial charge in [0.25, 0.3) is 0 Å². The molecule has 160 valence electrons. The lowest BCUT2D eigenvalue weighted by molar-refractivity contribution is -0.137. The summed E-state index contributed by atoms with van der Waals surface area (Å²) < 4.78 is 51.0. The molecule has 4 rings (SSSR count). The average molecular weight is 421 g/mol. The van der Waals surface area contributed by atoms with Gasteiger partial charge in [-0.05, 0) is 18.2 Å². The number of benzene rings is 1. The zero-order chi connectivity index (χ0) is 21.3. The Kier molecular flexibility index (Phi) is 5.44. The number of ether oxygens (including phenoxy) is 2. The van der Waals surface area contributed by atoms with Crippen molar-refractivity contribution in [1.82, 2.24) is 9.88 Å². The first-order chi connectivity index (χ1) is 14.3. The number of nitrogens with zero attached hydrogens (tertiary/aromatic N) is 3. The minimum absolute atomic E-state index is 0.100. The molecule has 1 fully saturated rings. The van der Waals surface area contributed by atoms with E-state index >= 15 is 0 Å². The van der Waals surface area contributed by atoms with Gasteiger partial charge in [0.15, 0.2) is 0 Å². The molecule has 1 aromatic heterocycles. The summed E-state index contributed by atoms with van der Waals surface area (Å²) in [7, 11) is 0. The van der Waals surface area contributed by atoms with Gasteiger partial charge in [0.2, 0.25) is 5.91 Å². The minimum atomic E-state index is -4.46. The van der Waals surface area contributed by atoms with E-state index in [-0.39, 0.29) is 12.0 Å². The number of fused-ring (bicyclic) bond motifs is 1. The molecule has 1 saturated heterocycles. The quantitative estimate of drug-likeness (QED) is 0.747. The van der Waals surface area contributed by atoms with E-state index < -0.39 is 11.7 Å². The van der Waals surface area contributed by atoms with Gasteiger partial charge in [-0.25, -0.2) is 0 Å². The minimum Gasteiger partial charge on any atom is -0.490 e. The van der Waals surface area contributed by atoms with Crippen molar-refractivity contribution in [1.29, 1.82) is 0 Å². The second kappa shape index (κ2) is 8.04. The van der Waals surface area contributed by atoms with E-state index in [1.54, 1.807) is 28.0 Å². The summed E-state index contributed by atoms with van der Waals surface area (Å²) in [4.78, 5) is 19.2. The number of rotatable bonds is 4. The van der Waals surface area contributed by atoms with Crippen molar-refractivity contribution in [2.45, 2.75) is 32.0 Å². The van der Waals surface area contributed by atoms with E-state index in [0.29, 0.717) is 55.5 Å². The maximum absolute atomic E-state index is 13.1. The Bertz CT molecular complexity index is 935. The summed E-state index contributed by atoms with van der Waals surface area (Å²) in [6, 6.07) is 6.37. The Hall–Kier alpha value is -2.97. The Morgan fingerprint density at radius 3 is 2.87 bits per heavy atom. The molecule has 2 aliphatic heterocycles. The number of aromatic nitrogens is 1. The fourth-order valence-corrected chi connectivity index (χ4v) is 3.74. The molecule has 1 amide bonds. The van der Waals surface area contributed by atoms with Crippen molar-refractivity contribution in [3.05, 3.63) is 42.2 Å². The van der Waals surface area contributed by atoms with Crippen LogP contribution < -0.4 is 14.4 Å². The number of anilines is 2. The number of pyridine rings is 1. The number of carbonyl (C=O) groups excluding carboxylic acids is 1. The van der Waals surface area contributed by atoms with Crippen LogP contribution >= 0.6 is 0 Å². The molecule has 30 heavy (non-hydrogen) atoms. The van der Waals surface area contributed by atoms with Gasteiger partial charge in [-0.2, -0.15) is 13.2 Å². The zero-order valence-corrected chi connectivity index (χ0v) is 16.5. The molecule has 3 heterocycles. The molecular formula is C21H22F3N3O3. The van der Waals surface area contributed by atoms with E-state index in [1.165, 1.54) is 6.20 Å². The first-order valence-electron chi connectivity index (χ1n) is 9.86. The Labute approximate surface area is 172 Å². The van der Waals surface area contributed by atoms with Crippen molar-refractivity contribution in [3.63, 3.8) is 0 Å². The van der Waals surface area contributed by atoms with E-state index in [1.807, 2.05) is 6.92 Å². The molecule has 1 atom stereocenters. The number of alkyl halides is 3. The van der Waals surface area contributed by atoms with Crippen LogP contribution in [0, 0.1) is 0 Å². The molecule has 0 bridgehead atoms. The summed E-state index contributed by atoms with van der Waals surface area (Å²) in [5, 5.41) is 0. The van der Waals surface area contributed by atoms with Crippen LogP contribution in [-0.2, 0) is 11.0 Å². The highest BCUT2D eigenvalue weighted by atomic mass is 19.4. The molecule has 9 heteroatoms. The lowest BCUT2D eigenvalue weighted by atomic mass is 10.2. The third kappa shape index (κ3) is 4.15. The number of amides is 1. The van der Waals surface area contributed by atoms with Crippen LogP contribution in [0.5, 0.6) is 11.5 Å². The van der Waals surface area contributed by atoms with Crippen LogP contribution in [0.3, 0.4) is 0 Å². The number of hydrogen-bond acceptors (Lipinski definition) is 5. The molecule has 6 nitrogen and oxygen atoms in total. The number of likely N-dealkylation sites (tertiary alicyclic amines) is 1. The Balaban J connectivity index is 1.56. The third-order valence-electron chi connectivity index (χ3n) is 5.26. The van der Waals surface area contributed by atoms with Gasteiger partial charge in [-0.15, -0.1) is 0 Å². The van der Waals surface area contributed by atoms with Gasteiger partial charge in [0, 0.05) is 31.6 Å². The number of carbonyl (C=O) groups is 1. The molecule has 0 N–H and O–H groups in total. The van der Waals surface area contributed by atoms with Crippen LogP contribution in [-0.4, -0.2) is 48.1 Å². The van der Waals surface area contributed by atoms with Crippen LogP contribution in [0.4, 0.5) is 24.5 Å². The monoisotopic (exact) mass is 421 g/mol. The van der Waals surface area contributed by atoms with Crippen molar-refractivity contribution in [2.24, 2.45) is 0 Å². The zero-order valence-electron chi connectivity index (χ0n) is 16.5. The number of hydrogen-bond donors (Lipinski definition) is 0. The van der Waals surface area contributed by atoms with Gasteiger partial charge in [0.05, 0.1) is 36.2 Å². The van der Waals surface area contributed by atoms with Crippen LogP contribution in [0.15, 0.2) is 36.7 Å². The predicted octanol–water partition coefficient (Wildman–Crippen LogP) is 4.02. The van der Waals surface area contributed by atoms with E-state index in [9.17, 15) is 18.0 Å². The molecule has 0 unspecified atom stereocenters. The second-order valence-corrected chi connectivity index (χ2v) is 7.28. The van der Waals surface area contributed by atoms with Crippen LogP contribution in [0.1, 0.15) is 25.3 Å². The largest absolute Gasteiger partial charge is 0.490 e. The fraction of sp³-hybridized carbons (Fsp3) is 0.429. The fourth-order valence-electron chi connectivity index (χ4n) is 3.74. The maximum Gasteiger partial charge on any atom is 0.417 e. The topological polar surface area (TPSA) is 54.9 Å². The van der Waals surface area contributed by atoms with Crippen molar-refractivity contribution in [3.8, 4) is 11.5 Å². The highest BCUT2D eigenvalue weighted by Crippen LogP contribution is 2.40. The van der Waals surface area contributed by atoms with Crippen molar-refractivity contribution in [2.75, 3.05) is 31.1 Å². The number of halogens is 3. The summed E-state index contributed by atoms with van der Waals surface area (Å²) >= 11 is 0. The molecule has 2 aliphatic rings. The normalized spacial score (nSPS) is 18.7. The summed E-state index contributed by atoms with van der Waals surface area (Å²) in [6.45, 7) is 3.76. The highest BCUT2D eigenvalue weighted by Gasteiger charge is 2.32. The predicted molar refractivity (Wildman–Crippen MR) is 104 cm³/mol. The lowest BCUT2D eigenvalue weighted by Crippen LogP contribution is -2.30. The molecule has 0 spiro atoms. The van der Waals surface area contributed by atoms with E-state index in [0.717, 1.165) is 18.7 Å². The smallest absolute Gasteiger partial charge is 0.417 e. The lowest BCUT2D eigenvalue weighted by Gasteiger charge is -2.32. The van der Waals surface area contributed by atoms with Gasteiger partial charge in [-0.3, -0.25) is 9.78 Å². The van der Waals surface area contributed by atoms with Crippen LogP contribution in [0.2, 0.25) is 0 Å². The van der Waals surface area contributed by atoms with Crippen molar-refractivity contribution >= 4 is 17.3 Å². The molecule has 0 radical (unpaired) electrons. The maximum atomic E-state index is 13.1. The standard InChI is InChI=1S/C21H22F3N3O3/c1-2-20(28)26-6-5-17(13-26)30-16-3-4-19-18(10-16)27(7-8-29-19)15-9-14(11-25-12-15)21(22,23)24/h3-4,9-12,17H,2,5-8,13H2,1H3/t17-/m0/s1. The SMILES string of the molecule is CCC(=O)N1CC[C@H](Oc2ccc3c(c2)N(c2cncc(C(F)(F)F)c2)CCO3)C1. The molecular weight excluding hydrogens is 399 g/mol. The highest BCUT2D eigenvalue weighted by molar-refractivity contribution is 5.76. The Morgan fingerprint density at radius 1 is 1.27 bits per heavy atom. The van der Waals surface area contributed by atoms with Gasteiger partial charge in [0.1, 0.15) is 24.2 Å². The summed E-state index contributed by atoms with van der Waals surface area (Å²) in [5.74, 6) is 1.25. The average Bonchev–Trinajstić information content (AvgIpc) is 3.20. The van der Waals surface area contributed by atoms with Gasteiger partial charge in [-0.1, -0.05) is 6.92 Å². The molecule has 2 aromatic rings. The van der Waals surface area contributed by atoms with E-state index in [2.05, 4.69) is 4.98 Å². The van der Waals surface area contributed by atoms with Gasteiger partial charge < -0.3 is 19.3 Å². The third-order valence-corrected chi connectivity index (χ3v) is 5.26. The van der Waals surface area contributed by atoms with E-state index in [4.69, 9.17) is 9.47 Å². The second-order valence-electron chi connectivity index (χ2n) is 7.28. The summed E-state index contributed by atoms with van der Waals surface area (Å²) in [5.41, 5.74) is 0.165. The molecule has 0 aliphatic carbocycles. The van der Waals surface area contributed by atoms with Gasteiger partial charge >= 0.3 is 6.18 Å². The Morgan fingerprint density at radius 2 is 2.10 bits per heavy atom.